The highest BCUT2D eigenvalue weighted by Crippen LogP contribution is 2.41. The molecule has 9 nitrogen and oxygen atoms in total. The van der Waals surface area contributed by atoms with Crippen molar-refractivity contribution in [3.05, 3.63) is 0 Å². The van der Waals surface area contributed by atoms with E-state index in [2.05, 4.69) is 0 Å². The van der Waals surface area contributed by atoms with Crippen molar-refractivity contribution in [1.82, 2.24) is 0 Å². The third-order valence-corrected chi connectivity index (χ3v) is 5.22. The number of ether oxygens (including phenoxy) is 8. The lowest BCUT2D eigenvalue weighted by molar-refractivity contribution is -0.237. The molecule has 9 heteroatoms. The molecule has 4 aliphatic heterocycles. The second-order valence-electron chi connectivity index (χ2n) is 8.50. The van der Waals surface area contributed by atoms with Crippen LogP contribution in [0.15, 0.2) is 0 Å². The van der Waals surface area contributed by atoms with Crippen molar-refractivity contribution in [2.45, 2.75) is 95.5 Å². The Morgan fingerprint density at radius 1 is 1.04 bits per heavy atom. The summed E-state index contributed by atoms with van der Waals surface area (Å²) in [7, 11) is 0. The van der Waals surface area contributed by atoms with Crippen molar-refractivity contribution in [3.8, 4) is 0 Å². The molecule has 4 aliphatic rings. The van der Waals surface area contributed by atoms with Gasteiger partial charge in [0.15, 0.2) is 17.9 Å². The lowest BCUT2D eigenvalue weighted by Crippen LogP contribution is -2.45. The first-order valence-corrected chi connectivity index (χ1v) is 9.98. The summed E-state index contributed by atoms with van der Waals surface area (Å²) in [6, 6.07) is 0. The third-order valence-electron chi connectivity index (χ3n) is 5.22. The molecule has 0 spiro atoms. The minimum Gasteiger partial charge on any atom is -0.434 e. The van der Waals surface area contributed by atoms with Crippen molar-refractivity contribution in [3.63, 3.8) is 0 Å². The molecular formula is C19H30O9. The number of hydrogen-bond acceptors (Lipinski definition) is 9. The van der Waals surface area contributed by atoms with Crippen LogP contribution < -0.4 is 0 Å². The highest BCUT2D eigenvalue weighted by Gasteiger charge is 2.59. The van der Waals surface area contributed by atoms with Crippen LogP contribution in [0.3, 0.4) is 0 Å². The van der Waals surface area contributed by atoms with Crippen molar-refractivity contribution in [1.29, 1.82) is 0 Å². The molecule has 4 rings (SSSR count). The highest BCUT2D eigenvalue weighted by molar-refractivity contribution is 5.70. The van der Waals surface area contributed by atoms with Gasteiger partial charge in [0, 0.05) is 6.42 Å². The van der Waals surface area contributed by atoms with Gasteiger partial charge in [0.1, 0.15) is 31.0 Å². The van der Waals surface area contributed by atoms with Gasteiger partial charge >= 0.3 is 5.97 Å². The lowest BCUT2D eigenvalue weighted by Gasteiger charge is -2.29. The van der Waals surface area contributed by atoms with Gasteiger partial charge in [-0.3, -0.25) is 0 Å². The minimum absolute atomic E-state index is 0.228. The van der Waals surface area contributed by atoms with E-state index < -0.39 is 48.4 Å². The topological polar surface area (TPSA) is 90.9 Å². The summed E-state index contributed by atoms with van der Waals surface area (Å²) in [5.41, 5.74) is 0. The molecule has 0 bridgehead atoms. The van der Waals surface area contributed by atoms with Crippen LogP contribution in [0, 0.1) is 0 Å². The molecule has 0 amide bonds. The Kier molecular flexibility index (Phi) is 5.69. The Morgan fingerprint density at radius 3 is 2.54 bits per heavy atom. The van der Waals surface area contributed by atoms with Crippen LogP contribution in [0.1, 0.15) is 47.0 Å². The Hall–Kier alpha value is -0.810. The standard InChI is InChI=1S/C19H30O9/c1-18(2)23-9-11(26-18)14-15(16-17(25-14)28-19(3,4)27-16)22-10-12(20)24-13-7-5-6-8-21-13/h11,13-17H,5-10H2,1-4H3/t11?,13?,14-,15+,16-,17-/m1/s1. The molecule has 28 heavy (non-hydrogen) atoms. The minimum atomic E-state index is -0.787. The van der Waals surface area contributed by atoms with Gasteiger partial charge in [-0.25, -0.2) is 4.79 Å². The molecule has 0 aromatic rings. The van der Waals surface area contributed by atoms with Gasteiger partial charge in [-0.05, 0) is 40.5 Å². The van der Waals surface area contributed by atoms with Crippen LogP contribution in [0.5, 0.6) is 0 Å². The fourth-order valence-electron chi connectivity index (χ4n) is 4.02. The highest BCUT2D eigenvalue weighted by atomic mass is 16.8. The van der Waals surface area contributed by atoms with Crippen LogP contribution in [0.2, 0.25) is 0 Å². The fourth-order valence-corrected chi connectivity index (χ4v) is 4.02. The van der Waals surface area contributed by atoms with Gasteiger partial charge in [-0.15, -0.1) is 0 Å². The first kappa shape index (κ1) is 20.5. The SMILES string of the molecule is CC1(C)OCC([C@H]2O[C@@H]3OC(C)(C)O[C@@H]3[C@H]2OCC(=O)OC2CCCCO2)O1. The Morgan fingerprint density at radius 2 is 1.86 bits per heavy atom. The maximum Gasteiger partial charge on any atom is 0.334 e. The molecule has 2 unspecified atom stereocenters. The van der Waals surface area contributed by atoms with E-state index in [1.807, 2.05) is 27.7 Å². The number of carbonyl (C=O) groups is 1. The van der Waals surface area contributed by atoms with E-state index >= 15 is 0 Å². The monoisotopic (exact) mass is 402 g/mol. The number of carbonyl (C=O) groups excluding carboxylic acids is 1. The number of fused-ring (bicyclic) bond motifs is 1. The molecule has 0 aromatic carbocycles. The molecule has 4 fully saturated rings. The van der Waals surface area contributed by atoms with Gasteiger partial charge in [-0.1, -0.05) is 0 Å². The van der Waals surface area contributed by atoms with E-state index in [1.54, 1.807) is 0 Å². The molecule has 4 heterocycles. The first-order valence-electron chi connectivity index (χ1n) is 9.98. The summed E-state index contributed by atoms with van der Waals surface area (Å²) in [6.45, 7) is 8.05. The second kappa shape index (κ2) is 7.79. The Labute approximate surface area is 164 Å². The van der Waals surface area contributed by atoms with E-state index in [1.165, 1.54) is 0 Å². The third kappa shape index (κ3) is 4.51. The van der Waals surface area contributed by atoms with Gasteiger partial charge in [0.25, 0.3) is 0 Å². The van der Waals surface area contributed by atoms with E-state index in [-0.39, 0.29) is 12.7 Å². The van der Waals surface area contributed by atoms with E-state index in [0.29, 0.717) is 19.6 Å². The molecule has 0 aliphatic carbocycles. The lowest BCUT2D eigenvalue weighted by atomic mass is 10.1. The number of esters is 1. The average molecular weight is 402 g/mol. The van der Waals surface area contributed by atoms with Crippen molar-refractivity contribution >= 4 is 5.97 Å². The smallest absolute Gasteiger partial charge is 0.334 e. The average Bonchev–Trinajstić information content (AvgIpc) is 3.23. The predicted octanol–water partition coefficient (Wildman–Crippen LogP) is 1.47. The normalized spacial score (nSPS) is 41.7. The van der Waals surface area contributed by atoms with E-state index in [4.69, 9.17) is 37.9 Å². The molecule has 0 radical (unpaired) electrons. The van der Waals surface area contributed by atoms with Crippen molar-refractivity contribution in [2.75, 3.05) is 19.8 Å². The van der Waals surface area contributed by atoms with Gasteiger partial charge in [-0.2, -0.15) is 0 Å². The zero-order chi connectivity index (χ0) is 19.9. The van der Waals surface area contributed by atoms with Crippen molar-refractivity contribution < 1.29 is 42.7 Å². The Balaban J connectivity index is 1.38. The van der Waals surface area contributed by atoms with Crippen LogP contribution in [0.4, 0.5) is 0 Å². The molecule has 0 N–H and O–H groups in total. The van der Waals surface area contributed by atoms with E-state index in [9.17, 15) is 4.79 Å². The van der Waals surface area contributed by atoms with Crippen LogP contribution >= 0.6 is 0 Å². The van der Waals surface area contributed by atoms with Gasteiger partial charge < -0.3 is 37.9 Å². The summed E-state index contributed by atoms with van der Waals surface area (Å²) in [4.78, 5) is 12.2. The summed E-state index contributed by atoms with van der Waals surface area (Å²) in [6.07, 6.45) is -0.248. The van der Waals surface area contributed by atoms with Gasteiger partial charge in [0.2, 0.25) is 6.29 Å². The molecule has 0 aromatic heterocycles. The molecule has 6 atom stereocenters. The fraction of sp³-hybridized carbons (Fsp3) is 0.947. The zero-order valence-electron chi connectivity index (χ0n) is 16.9. The summed E-state index contributed by atoms with van der Waals surface area (Å²) in [5, 5.41) is 0. The molecule has 160 valence electrons. The quantitative estimate of drug-likeness (QED) is 0.634. The summed E-state index contributed by atoms with van der Waals surface area (Å²) >= 11 is 0. The van der Waals surface area contributed by atoms with Crippen LogP contribution in [0.25, 0.3) is 0 Å². The predicted molar refractivity (Wildman–Crippen MR) is 93.0 cm³/mol. The van der Waals surface area contributed by atoms with Crippen LogP contribution in [-0.4, -0.2) is 74.4 Å². The molecule has 4 saturated heterocycles. The maximum absolute atomic E-state index is 12.2. The summed E-state index contributed by atoms with van der Waals surface area (Å²) in [5.74, 6) is -1.96. The maximum atomic E-state index is 12.2. The van der Waals surface area contributed by atoms with Crippen molar-refractivity contribution in [2.24, 2.45) is 0 Å². The number of rotatable bonds is 5. The van der Waals surface area contributed by atoms with Crippen LogP contribution in [-0.2, 0) is 42.7 Å². The summed E-state index contributed by atoms with van der Waals surface area (Å²) < 4.78 is 46.1. The molecular weight excluding hydrogens is 372 g/mol. The van der Waals surface area contributed by atoms with E-state index in [0.717, 1.165) is 12.8 Å². The molecule has 0 saturated carbocycles. The largest absolute Gasteiger partial charge is 0.434 e. The second-order valence-corrected chi connectivity index (χ2v) is 8.50. The Bertz CT molecular complexity index is 572. The number of hydrogen-bond donors (Lipinski definition) is 0. The zero-order valence-corrected chi connectivity index (χ0v) is 16.9. The first-order chi connectivity index (χ1) is 13.2. The van der Waals surface area contributed by atoms with Gasteiger partial charge in [0.05, 0.1) is 13.2 Å².